The minimum absolute atomic E-state index is 0.292. The maximum atomic E-state index is 5.98. The fourth-order valence-electron chi connectivity index (χ4n) is 2.83. The summed E-state index contributed by atoms with van der Waals surface area (Å²) in [4.78, 5) is 4.48. The van der Waals surface area contributed by atoms with Gasteiger partial charge in [0.1, 0.15) is 0 Å². The molecule has 0 amide bonds. The van der Waals surface area contributed by atoms with Gasteiger partial charge >= 0.3 is 147 Å². The third-order valence-corrected chi connectivity index (χ3v) is 6.26. The van der Waals surface area contributed by atoms with Crippen molar-refractivity contribution in [2.45, 2.75) is 13.8 Å². The molecule has 0 spiro atoms. The molecule has 0 N–H and O–H groups in total. The van der Waals surface area contributed by atoms with E-state index < -0.39 is 0 Å². The van der Waals surface area contributed by atoms with Gasteiger partial charge in [-0.05, 0) is 0 Å². The van der Waals surface area contributed by atoms with Crippen LogP contribution in [-0.4, -0.2) is 19.5 Å². The second kappa shape index (κ2) is 6.27. The number of hydrogen-bond acceptors (Lipinski definition) is 2. The summed E-state index contributed by atoms with van der Waals surface area (Å²) in [6.45, 7) is 4.16. The Balaban J connectivity index is 1.68. The zero-order chi connectivity index (χ0) is 16.5. The molecule has 0 aliphatic rings. The zero-order valence-corrected chi connectivity index (χ0v) is 15.3. The van der Waals surface area contributed by atoms with E-state index in [4.69, 9.17) is 4.74 Å². The molecule has 0 unspecified atom stereocenters. The van der Waals surface area contributed by atoms with Gasteiger partial charge in [0.05, 0.1) is 0 Å². The monoisotopic (exact) mass is 379 g/mol. The van der Waals surface area contributed by atoms with E-state index in [1.54, 1.807) is 0 Å². The van der Waals surface area contributed by atoms with Crippen molar-refractivity contribution in [2.75, 3.05) is 0 Å². The Kier molecular flexibility index (Phi) is 3.97. The SMILES string of the molecule is Cc1cc(C)cc(Oc2cc3[se]c(-c4ccccc4)cc3cn2)c1. The number of aromatic nitrogens is 1. The number of hydrogen-bond donors (Lipinski definition) is 0. The molecule has 0 radical (unpaired) electrons. The van der Waals surface area contributed by atoms with E-state index in [0.29, 0.717) is 20.4 Å². The molecule has 2 heterocycles. The molecule has 0 saturated heterocycles. The van der Waals surface area contributed by atoms with Crippen LogP contribution in [0.3, 0.4) is 0 Å². The summed E-state index contributed by atoms with van der Waals surface area (Å²) in [5, 5.41) is 1.21. The summed E-state index contributed by atoms with van der Waals surface area (Å²) in [7, 11) is 0. The maximum absolute atomic E-state index is 5.98. The van der Waals surface area contributed by atoms with E-state index in [9.17, 15) is 0 Å². The number of nitrogens with zero attached hydrogens (tertiary/aromatic N) is 1. The predicted molar refractivity (Wildman–Crippen MR) is 100 cm³/mol. The third kappa shape index (κ3) is 3.14. The molecular weight excluding hydrogens is 361 g/mol. The quantitative estimate of drug-likeness (QED) is 0.447. The van der Waals surface area contributed by atoms with E-state index >= 15 is 0 Å². The first-order valence-electron chi connectivity index (χ1n) is 7.88. The van der Waals surface area contributed by atoms with Gasteiger partial charge in [-0.2, -0.15) is 0 Å². The molecule has 2 aromatic carbocycles. The molecule has 0 saturated carbocycles. The number of aryl methyl sites for hydroxylation is 2. The molecule has 4 rings (SSSR count). The Hall–Kier alpha value is -2.35. The number of pyridine rings is 1. The van der Waals surface area contributed by atoms with Crippen LogP contribution in [-0.2, 0) is 0 Å². The molecule has 0 atom stereocenters. The van der Waals surface area contributed by atoms with Crippen molar-refractivity contribution in [1.29, 1.82) is 0 Å². The normalized spacial score (nSPS) is 10.9. The van der Waals surface area contributed by atoms with Crippen molar-refractivity contribution in [2.24, 2.45) is 0 Å². The van der Waals surface area contributed by atoms with E-state index in [1.807, 2.05) is 18.3 Å². The number of benzene rings is 2. The molecule has 0 aliphatic heterocycles. The Morgan fingerprint density at radius 3 is 2.38 bits per heavy atom. The van der Waals surface area contributed by atoms with Crippen LogP contribution in [0.15, 0.2) is 66.9 Å². The average molecular weight is 378 g/mol. The van der Waals surface area contributed by atoms with Crippen LogP contribution in [0, 0.1) is 13.8 Å². The van der Waals surface area contributed by atoms with Crippen molar-refractivity contribution in [3.05, 3.63) is 78.0 Å². The van der Waals surface area contributed by atoms with E-state index in [2.05, 4.69) is 67.4 Å². The van der Waals surface area contributed by atoms with Gasteiger partial charge in [-0.15, -0.1) is 0 Å². The van der Waals surface area contributed by atoms with Crippen LogP contribution in [0.5, 0.6) is 11.6 Å². The van der Waals surface area contributed by atoms with Crippen LogP contribution in [0.4, 0.5) is 0 Å². The van der Waals surface area contributed by atoms with Gasteiger partial charge < -0.3 is 0 Å². The molecule has 0 fully saturated rings. The van der Waals surface area contributed by atoms with Crippen molar-refractivity contribution >= 4 is 24.1 Å². The standard InChI is InChI=1S/C21H17NOSe/c1-14-8-15(2)10-18(9-14)23-21-12-20-17(13-22-21)11-19(24-20)16-6-4-3-5-7-16/h3-13H,1-2H3. The van der Waals surface area contributed by atoms with E-state index in [-0.39, 0.29) is 0 Å². The first-order chi connectivity index (χ1) is 11.7. The molecule has 0 bridgehead atoms. The van der Waals surface area contributed by atoms with E-state index in [1.165, 1.54) is 30.8 Å². The first-order valence-corrected chi connectivity index (χ1v) is 9.60. The summed E-state index contributed by atoms with van der Waals surface area (Å²) in [5.74, 6) is 1.52. The topological polar surface area (TPSA) is 22.1 Å². The summed E-state index contributed by atoms with van der Waals surface area (Å²) in [5.41, 5.74) is 3.69. The van der Waals surface area contributed by atoms with Crippen LogP contribution >= 0.6 is 0 Å². The van der Waals surface area contributed by atoms with Gasteiger partial charge in [-0.1, -0.05) is 0 Å². The van der Waals surface area contributed by atoms with Gasteiger partial charge in [0.2, 0.25) is 0 Å². The summed E-state index contributed by atoms with van der Waals surface area (Å²) >= 11 is 0.292. The number of ether oxygens (including phenoxy) is 1. The Morgan fingerprint density at radius 1 is 0.875 bits per heavy atom. The first kappa shape index (κ1) is 15.2. The van der Waals surface area contributed by atoms with Crippen molar-refractivity contribution in [3.63, 3.8) is 0 Å². The number of fused-ring (bicyclic) bond motifs is 1. The van der Waals surface area contributed by atoms with Gasteiger partial charge in [0.25, 0.3) is 0 Å². The summed E-state index contributed by atoms with van der Waals surface area (Å²) in [6, 6.07) is 21.1. The molecule has 3 heteroatoms. The average Bonchev–Trinajstić information content (AvgIpc) is 2.98. The second-order valence-corrected chi connectivity index (χ2v) is 8.24. The van der Waals surface area contributed by atoms with Crippen LogP contribution in [0.25, 0.3) is 19.6 Å². The number of rotatable bonds is 3. The third-order valence-electron chi connectivity index (χ3n) is 3.85. The summed E-state index contributed by atoms with van der Waals surface area (Å²) < 4.78 is 8.70. The molecule has 2 nitrogen and oxygen atoms in total. The van der Waals surface area contributed by atoms with Gasteiger partial charge in [0.15, 0.2) is 0 Å². The van der Waals surface area contributed by atoms with Crippen molar-refractivity contribution < 1.29 is 4.74 Å². The van der Waals surface area contributed by atoms with Gasteiger partial charge in [-0.25, -0.2) is 0 Å². The van der Waals surface area contributed by atoms with Gasteiger partial charge in [0, 0.05) is 0 Å². The Bertz CT molecular complexity index is 985. The van der Waals surface area contributed by atoms with Crippen LogP contribution in [0.1, 0.15) is 11.1 Å². The molecular formula is C21H17NOSe. The fraction of sp³-hybridized carbons (Fsp3) is 0.0952. The van der Waals surface area contributed by atoms with Crippen molar-refractivity contribution in [1.82, 2.24) is 4.98 Å². The van der Waals surface area contributed by atoms with Crippen LogP contribution < -0.4 is 4.74 Å². The second-order valence-electron chi connectivity index (χ2n) is 5.96. The van der Waals surface area contributed by atoms with Crippen molar-refractivity contribution in [3.8, 4) is 21.6 Å². The molecule has 24 heavy (non-hydrogen) atoms. The summed E-state index contributed by atoms with van der Waals surface area (Å²) in [6.07, 6.45) is 1.92. The minimum atomic E-state index is 0.292. The van der Waals surface area contributed by atoms with Gasteiger partial charge in [-0.3, -0.25) is 0 Å². The molecule has 0 aliphatic carbocycles. The molecule has 2 aromatic heterocycles. The fourth-order valence-corrected chi connectivity index (χ4v) is 5.07. The predicted octanol–water partition coefficient (Wildman–Crippen LogP) is 5.37. The van der Waals surface area contributed by atoms with E-state index in [0.717, 1.165) is 5.75 Å². The van der Waals surface area contributed by atoms with Crippen LogP contribution in [0.2, 0.25) is 0 Å². The Labute approximate surface area is 147 Å². The Morgan fingerprint density at radius 2 is 1.62 bits per heavy atom. The molecule has 118 valence electrons. The molecule has 4 aromatic rings. The zero-order valence-electron chi connectivity index (χ0n) is 13.6.